The highest BCUT2D eigenvalue weighted by Crippen LogP contribution is 1.99. The second-order valence-corrected chi connectivity index (χ2v) is 4.36. The highest BCUT2D eigenvalue weighted by molar-refractivity contribution is 5.76. The van der Waals surface area contributed by atoms with Crippen LogP contribution in [0.3, 0.4) is 0 Å². The molecule has 6 heteroatoms. The monoisotopic (exact) mass is 250 g/mol. The quantitative estimate of drug-likeness (QED) is 0.772. The molecule has 2 N–H and O–H groups in total. The Bertz CT molecular complexity index is 388. The van der Waals surface area contributed by atoms with E-state index in [1.54, 1.807) is 12.4 Å². The number of hydrogen-bond donors (Lipinski definition) is 2. The number of hydrogen-bond acceptors (Lipinski definition) is 5. The molecule has 1 aromatic heterocycles. The number of nitrogens with zero attached hydrogens (tertiary/aromatic N) is 2. The van der Waals surface area contributed by atoms with Crippen LogP contribution < -0.4 is 10.6 Å². The lowest BCUT2D eigenvalue weighted by atomic mass is 10.2. The number of nitrogens with one attached hydrogen (secondary N) is 2. The zero-order valence-corrected chi connectivity index (χ0v) is 10.5. The van der Waals surface area contributed by atoms with Crippen LogP contribution in [0.2, 0.25) is 0 Å². The van der Waals surface area contributed by atoms with E-state index in [2.05, 4.69) is 20.6 Å². The second-order valence-electron chi connectivity index (χ2n) is 4.36. The van der Waals surface area contributed by atoms with Gasteiger partial charge in [-0.1, -0.05) is 0 Å². The summed E-state index contributed by atoms with van der Waals surface area (Å²) < 4.78 is 5.29. The molecule has 1 aliphatic rings. The normalized spacial score (nSPS) is 19.5. The fourth-order valence-electron chi connectivity index (χ4n) is 1.75. The van der Waals surface area contributed by atoms with Crippen molar-refractivity contribution in [3.63, 3.8) is 0 Å². The molecule has 0 spiro atoms. The summed E-state index contributed by atoms with van der Waals surface area (Å²) >= 11 is 0. The van der Waals surface area contributed by atoms with Gasteiger partial charge in [0.25, 0.3) is 0 Å². The number of carbonyl (C=O) groups excluding carboxylic acids is 1. The van der Waals surface area contributed by atoms with E-state index in [1.807, 2.05) is 6.92 Å². The van der Waals surface area contributed by atoms with Crippen LogP contribution in [0.25, 0.3) is 0 Å². The summed E-state index contributed by atoms with van der Waals surface area (Å²) in [6.07, 6.45) is 3.80. The molecule has 0 aliphatic carbocycles. The van der Waals surface area contributed by atoms with Crippen molar-refractivity contribution < 1.29 is 9.53 Å². The van der Waals surface area contributed by atoms with Gasteiger partial charge in [0.05, 0.1) is 37.3 Å². The summed E-state index contributed by atoms with van der Waals surface area (Å²) in [6, 6.07) is 0.114. The van der Waals surface area contributed by atoms with Gasteiger partial charge in [-0.2, -0.15) is 0 Å². The summed E-state index contributed by atoms with van der Waals surface area (Å²) in [7, 11) is 0. The predicted molar refractivity (Wildman–Crippen MR) is 65.8 cm³/mol. The van der Waals surface area contributed by atoms with Crippen molar-refractivity contribution in [1.82, 2.24) is 20.6 Å². The van der Waals surface area contributed by atoms with Crippen molar-refractivity contribution in [2.75, 3.05) is 19.8 Å². The zero-order valence-electron chi connectivity index (χ0n) is 10.5. The molecule has 1 fully saturated rings. The van der Waals surface area contributed by atoms with Crippen LogP contribution >= 0.6 is 0 Å². The van der Waals surface area contributed by atoms with E-state index in [1.165, 1.54) is 0 Å². The van der Waals surface area contributed by atoms with E-state index in [9.17, 15) is 4.79 Å². The molecule has 0 radical (unpaired) electrons. The van der Waals surface area contributed by atoms with E-state index in [-0.39, 0.29) is 11.9 Å². The zero-order chi connectivity index (χ0) is 12.8. The van der Waals surface area contributed by atoms with Gasteiger partial charge in [0.15, 0.2) is 0 Å². The standard InChI is InChI=1S/C12H18N4O2/c1-9-5-15-11(6-14-9)7-16-12(17)4-10-8-18-3-2-13-10/h5-6,10,13H,2-4,7-8H2,1H3,(H,16,17)/t10-/m1/s1. The first-order valence-electron chi connectivity index (χ1n) is 6.09. The molecule has 1 atom stereocenters. The molecule has 1 saturated heterocycles. The average Bonchev–Trinajstić information content (AvgIpc) is 2.39. The van der Waals surface area contributed by atoms with E-state index >= 15 is 0 Å². The summed E-state index contributed by atoms with van der Waals surface area (Å²) in [5.74, 6) is 0.000347. The number of aromatic nitrogens is 2. The smallest absolute Gasteiger partial charge is 0.221 e. The summed E-state index contributed by atoms with van der Waals surface area (Å²) in [6.45, 7) is 4.42. The number of rotatable bonds is 4. The van der Waals surface area contributed by atoms with E-state index in [4.69, 9.17) is 4.74 Å². The Balaban J connectivity index is 1.72. The third-order valence-corrected chi connectivity index (χ3v) is 2.73. The van der Waals surface area contributed by atoms with Crippen LogP contribution in [-0.4, -0.2) is 41.7 Å². The summed E-state index contributed by atoms with van der Waals surface area (Å²) in [5.41, 5.74) is 1.63. The van der Waals surface area contributed by atoms with Gasteiger partial charge in [-0.3, -0.25) is 14.8 Å². The van der Waals surface area contributed by atoms with Crippen LogP contribution in [0, 0.1) is 6.92 Å². The van der Waals surface area contributed by atoms with Crippen molar-refractivity contribution in [2.45, 2.75) is 25.9 Å². The summed E-state index contributed by atoms with van der Waals surface area (Å²) in [4.78, 5) is 20.0. The molecule has 2 rings (SSSR count). The van der Waals surface area contributed by atoms with Gasteiger partial charge >= 0.3 is 0 Å². The Hall–Kier alpha value is -1.53. The molecule has 2 heterocycles. The van der Waals surface area contributed by atoms with Crippen molar-refractivity contribution in [1.29, 1.82) is 0 Å². The molecular formula is C12H18N4O2. The van der Waals surface area contributed by atoms with Gasteiger partial charge in [-0.05, 0) is 6.92 Å². The fraction of sp³-hybridized carbons (Fsp3) is 0.583. The van der Waals surface area contributed by atoms with Crippen LogP contribution in [0.15, 0.2) is 12.4 Å². The topological polar surface area (TPSA) is 76.1 Å². The lowest BCUT2D eigenvalue weighted by Gasteiger charge is -2.23. The van der Waals surface area contributed by atoms with Crippen molar-refractivity contribution in [2.24, 2.45) is 0 Å². The van der Waals surface area contributed by atoms with Gasteiger partial charge in [0.1, 0.15) is 0 Å². The number of aryl methyl sites for hydroxylation is 1. The van der Waals surface area contributed by atoms with Crippen molar-refractivity contribution >= 4 is 5.91 Å². The molecule has 18 heavy (non-hydrogen) atoms. The minimum atomic E-state index is 0.000347. The van der Waals surface area contributed by atoms with Gasteiger partial charge in [-0.25, -0.2) is 0 Å². The average molecular weight is 250 g/mol. The maximum absolute atomic E-state index is 11.7. The molecule has 0 unspecified atom stereocenters. The summed E-state index contributed by atoms with van der Waals surface area (Å²) in [5, 5.41) is 6.07. The Kier molecular flexibility index (Phi) is 4.60. The Morgan fingerprint density at radius 3 is 3.11 bits per heavy atom. The van der Waals surface area contributed by atoms with Crippen LogP contribution in [0.5, 0.6) is 0 Å². The predicted octanol–water partition coefficient (Wildman–Crippen LogP) is -0.220. The molecule has 1 aromatic rings. The lowest BCUT2D eigenvalue weighted by Crippen LogP contribution is -2.44. The van der Waals surface area contributed by atoms with Gasteiger partial charge in [0.2, 0.25) is 5.91 Å². The molecule has 0 saturated carbocycles. The highest BCUT2D eigenvalue weighted by Gasteiger charge is 2.16. The Morgan fingerprint density at radius 2 is 2.44 bits per heavy atom. The van der Waals surface area contributed by atoms with Crippen LogP contribution in [-0.2, 0) is 16.1 Å². The number of ether oxygens (including phenoxy) is 1. The van der Waals surface area contributed by atoms with E-state index in [0.717, 1.165) is 24.5 Å². The molecule has 1 aliphatic heterocycles. The van der Waals surface area contributed by atoms with Crippen molar-refractivity contribution in [3.8, 4) is 0 Å². The molecule has 1 amide bonds. The highest BCUT2D eigenvalue weighted by atomic mass is 16.5. The second kappa shape index (κ2) is 6.42. The molecule has 0 aromatic carbocycles. The molecule has 98 valence electrons. The number of amides is 1. The van der Waals surface area contributed by atoms with Crippen LogP contribution in [0.4, 0.5) is 0 Å². The minimum Gasteiger partial charge on any atom is -0.378 e. The first-order chi connectivity index (χ1) is 8.74. The number of morpholine rings is 1. The fourth-order valence-corrected chi connectivity index (χ4v) is 1.75. The third-order valence-electron chi connectivity index (χ3n) is 2.73. The van der Waals surface area contributed by atoms with Gasteiger partial charge < -0.3 is 15.4 Å². The first-order valence-corrected chi connectivity index (χ1v) is 6.09. The maximum Gasteiger partial charge on any atom is 0.221 e. The maximum atomic E-state index is 11.7. The minimum absolute atomic E-state index is 0.000347. The molecular weight excluding hydrogens is 232 g/mol. The van der Waals surface area contributed by atoms with E-state index in [0.29, 0.717) is 19.6 Å². The van der Waals surface area contributed by atoms with Crippen LogP contribution in [0.1, 0.15) is 17.8 Å². The Morgan fingerprint density at radius 1 is 1.56 bits per heavy atom. The van der Waals surface area contributed by atoms with Gasteiger partial charge in [-0.15, -0.1) is 0 Å². The van der Waals surface area contributed by atoms with Crippen molar-refractivity contribution in [3.05, 3.63) is 23.8 Å². The molecule has 6 nitrogen and oxygen atoms in total. The Labute approximate surface area is 106 Å². The van der Waals surface area contributed by atoms with Gasteiger partial charge in [0, 0.05) is 25.2 Å². The molecule has 0 bridgehead atoms. The third kappa shape index (κ3) is 4.05. The largest absolute Gasteiger partial charge is 0.378 e. The SMILES string of the molecule is Cc1cnc(CNC(=O)C[C@@H]2COCCN2)cn1. The van der Waals surface area contributed by atoms with E-state index < -0.39 is 0 Å². The lowest BCUT2D eigenvalue weighted by molar-refractivity contribution is -0.122. The number of carbonyl (C=O) groups is 1. The first kappa shape index (κ1) is 12.9.